The zero-order valence-corrected chi connectivity index (χ0v) is 35.0. The number of piperidine rings is 1. The molecule has 0 unspecified atom stereocenters. The summed E-state index contributed by atoms with van der Waals surface area (Å²) in [5.74, 6) is 1.61. The van der Waals surface area contributed by atoms with Crippen LogP contribution in [0.25, 0.3) is 77.9 Å². The van der Waals surface area contributed by atoms with E-state index in [2.05, 4.69) is 35.5 Å². The largest absolute Gasteiger partial charge is 0.489 e. The Kier molecular flexibility index (Phi) is 10.2. The number of ether oxygens (including phenoxy) is 2. The molecule has 1 aliphatic carbocycles. The summed E-state index contributed by atoms with van der Waals surface area (Å²) in [5.41, 5.74) is 10.3. The molecule has 2 fully saturated rings. The first-order chi connectivity index (χ1) is 32.5. The van der Waals surface area contributed by atoms with Gasteiger partial charge < -0.3 is 14.8 Å². The summed E-state index contributed by atoms with van der Waals surface area (Å²) in [6.45, 7) is 1.99. The molecule has 0 radical (unpaired) electrons. The number of benzene rings is 2. The second-order valence-corrected chi connectivity index (χ2v) is 16.2. The summed E-state index contributed by atoms with van der Waals surface area (Å²) in [4.78, 5) is 27.2. The van der Waals surface area contributed by atoms with Crippen LogP contribution < -0.4 is 14.8 Å². The normalized spacial score (nSPS) is 15.2. The van der Waals surface area contributed by atoms with E-state index in [4.69, 9.17) is 22.2 Å². The third kappa shape index (κ3) is 8.09. The van der Waals surface area contributed by atoms with Crippen LogP contribution in [-0.4, -0.2) is 74.4 Å². The van der Waals surface area contributed by atoms with Gasteiger partial charge in [-0.25, -0.2) is 19.0 Å². The van der Waals surface area contributed by atoms with Crippen molar-refractivity contribution in [3.8, 4) is 56.3 Å². The lowest BCUT2D eigenvalue weighted by atomic mass is 9.98. The molecule has 10 aromatic rings. The van der Waals surface area contributed by atoms with Crippen molar-refractivity contribution < 1.29 is 12.2 Å². The molecule has 0 bridgehead atoms. The van der Waals surface area contributed by atoms with E-state index in [9.17, 15) is 0 Å². The van der Waals surface area contributed by atoms with E-state index in [0.717, 1.165) is 128 Å². The first kappa shape index (κ1) is 37.0. The predicted octanol–water partition coefficient (Wildman–Crippen LogP) is 9.86. The number of pyridine rings is 4. The van der Waals surface area contributed by atoms with Gasteiger partial charge >= 0.3 is 0 Å². The third-order valence-electron chi connectivity index (χ3n) is 12.0. The van der Waals surface area contributed by atoms with Gasteiger partial charge in [-0.15, -0.1) is 0 Å². The molecule has 1 aliphatic heterocycles. The minimum atomic E-state index is 0.247. The van der Waals surface area contributed by atoms with Gasteiger partial charge in [0.1, 0.15) is 17.6 Å². The Labute approximate surface area is 372 Å². The Hall–Kier alpha value is -7.64. The zero-order valence-electron chi connectivity index (χ0n) is 37.0. The van der Waals surface area contributed by atoms with Gasteiger partial charge in [-0.2, -0.15) is 10.2 Å². The fraction of sp³-hybridized carbons (Fsp3) is 0.216. The molecular weight excluding hydrogens is 799 g/mol. The van der Waals surface area contributed by atoms with Gasteiger partial charge in [-0.1, -0.05) is 42.8 Å². The maximum Gasteiger partial charge on any atom is 0.162 e. The average molecular weight is 846 g/mol. The van der Waals surface area contributed by atoms with Crippen LogP contribution >= 0.6 is 0 Å². The lowest BCUT2D eigenvalue weighted by Gasteiger charge is -2.23. The molecule has 1 saturated carbocycles. The minimum absolute atomic E-state index is 0.247. The highest BCUT2D eigenvalue weighted by molar-refractivity contribution is 5.99. The SMILES string of the molecule is [2H]c1ccc2c(-c3cnn4cc(-c5ccc(OC6CCCCC6)cn5)cnc34)cccc2n1.[2H]c1ccc2c(-c3cnn4cc(-c5ccc(OC6CCNCC6)cn5)cnc34)cccc2n1. The summed E-state index contributed by atoms with van der Waals surface area (Å²) in [6.07, 6.45) is 23.9. The Morgan fingerprint density at radius 2 is 1.00 bits per heavy atom. The average Bonchev–Trinajstić information content (AvgIpc) is 3.99. The molecule has 1 N–H and O–H groups in total. The van der Waals surface area contributed by atoms with Gasteiger partial charge in [0.25, 0.3) is 0 Å². The van der Waals surface area contributed by atoms with Gasteiger partial charge in [0.15, 0.2) is 11.3 Å². The Balaban J connectivity index is 0.000000146. The standard InChI is InChI=1S/C26H23N5O.C25H22N6O/c1-2-6-19(7-3-1)32-20-11-12-24(28-15-20)18-14-29-26-23(16-30-31(26)17-18)21-8-4-10-25-22(21)9-5-13-27-25;1-3-20(21-4-2-10-27-24(21)5-1)22-15-30-31-16-17(13-29-25(22)31)23-7-6-19(14-28-23)32-18-8-11-26-12-9-18/h4-5,8-17,19H,1-3,6-7H2;1-7,10,13-16,18,26H,8-9,11-12H2/i13D;10D. The van der Waals surface area contributed by atoms with Crippen molar-refractivity contribution >= 4 is 33.1 Å². The molecule has 8 aromatic heterocycles. The van der Waals surface area contributed by atoms with Crippen LogP contribution in [0, 0.1) is 0 Å². The van der Waals surface area contributed by atoms with Gasteiger partial charge in [0.05, 0.1) is 56.1 Å². The van der Waals surface area contributed by atoms with Crippen molar-refractivity contribution in [3.05, 3.63) is 147 Å². The number of hydrogen-bond acceptors (Lipinski definition) is 11. The molecule has 13 heteroatoms. The van der Waals surface area contributed by atoms with Gasteiger partial charge in [0.2, 0.25) is 0 Å². The molecule has 316 valence electrons. The smallest absolute Gasteiger partial charge is 0.162 e. The van der Waals surface area contributed by atoms with Crippen molar-refractivity contribution in [2.24, 2.45) is 0 Å². The molecular formula is C51H45N11O2. The molecule has 0 spiro atoms. The van der Waals surface area contributed by atoms with E-state index < -0.39 is 0 Å². The molecule has 2 aliphatic rings. The van der Waals surface area contributed by atoms with Crippen LogP contribution in [0.3, 0.4) is 0 Å². The first-order valence-corrected chi connectivity index (χ1v) is 21.9. The van der Waals surface area contributed by atoms with Crippen LogP contribution in [-0.2, 0) is 0 Å². The van der Waals surface area contributed by atoms with E-state index in [1.807, 2.05) is 110 Å². The fourth-order valence-electron chi connectivity index (χ4n) is 8.69. The van der Waals surface area contributed by atoms with Crippen LogP contribution in [0.1, 0.15) is 47.7 Å². The maximum absolute atomic E-state index is 7.78. The van der Waals surface area contributed by atoms with E-state index in [-0.39, 0.29) is 18.4 Å². The summed E-state index contributed by atoms with van der Waals surface area (Å²) in [5, 5.41) is 14.4. The van der Waals surface area contributed by atoms with Crippen molar-refractivity contribution in [2.75, 3.05) is 13.1 Å². The van der Waals surface area contributed by atoms with Crippen molar-refractivity contribution in [1.82, 2.24) is 54.4 Å². The minimum Gasteiger partial charge on any atom is -0.489 e. The second-order valence-electron chi connectivity index (χ2n) is 16.2. The van der Waals surface area contributed by atoms with E-state index in [1.165, 1.54) is 19.3 Å². The summed E-state index contributed by atoms with van der Waals surface area (Å²) < 4.78 is 31.3. The fourth-order valence-corrected chi connectivity index (χ4v) is 8.69. The lowest BCUT2D eigenvalue weighted by Crippen LogP contribution is -2.34. The van der Waals surface area contributed by atoms with Crippen LogP contribution in [0.2, 0.25) is 0 Å². The molecule has 64 heavy (non-hydrogen) atoms. The Morgan fingerprint density at radius 1 is 0.484 bits per heavy atom. The van der Waals surface area contributed by atoms with E-state index in [0.29, 0.717) is 6.10 Å². The third-order valence-corrected chi connectivity index (χ3v) is 12.0. The lowest BCUT2D eigenvalue weighted by molar-refractivity contribution is 0.154. The van der Waals surface area contributed by atoms with Gasteiger partial charge in [0, 0.05) is 70.2 Å². The molecule has 1 saturated heterocycles. The molecule has 0 atom stereocenters. The number of hydrogen-bond donors (Lipinski definition) is 1. The molecule has 2 aromatic carbocycles. The van der Waals surface area contributed by atoms with E-state index in [1.54, 1.807) is 33.6 Å². The number of nitrogens with one attached hydrogen (secondary N) is 1. The monoisotopic (exact) mass is 845 g/mol. The quantitative estimate of drug-likeness (QED) is 0.156. The molecule has 12 rings (SSSR count). The van der Waals surface area contributed by atoms with Crippen LogP contribution in [0.5, 0.6) is 11.5 Å². The van der Waals surface area contributed by atoms with Crippen molar-refractivity contribution in [3.63, 3.8) is 0 Å². The summed E-state index contributed by atoms with van der Waals surface area (Å²) in [6, 6.07) is 26.9. The second kappa shape index (κ2) is 17.6. The molecule has 0 amide bonds. The highest BCUT2D eigenvalue weighted by Gasteiger charge is 2.18. The first-order valence-electron chi connectivity index (χ1n) is 22.9. The molecule has 9 heterocycles. The van der Waals surface area contributed by atoms with Crippen molar-refractivity contribution in [1.29, 1.82) is 0 Å². The Morgan fingerprint density at radius 3 is 1.50 bits per heavy atom. The maximum atomic E-state index is 7.78. The van der Waals surface area contributed by atoms with Crippen molar-refractivity contribution in [2.45, 2.75) is 57.2 Å². The number of fused-ring (bicyclic) bond motifs is 4. The topological polar surface area (TPSA) is 142 Å². The zero-order chi connectivity index (χ0) is 44.4. The number of rotatable bonds is 8. The molecule has 13 nitrogen and oxygen atoms in total. The van der Waals surface area contributed by atoms with E-state index >= 15 is 0 Å². The van der Waals surface area contributed by atoms with Gasteiger partial charge in [-0.05, 0) is 111 Å². The Bertz CT molecular complexity index is 3110. The van der Waals surface area contributed by atoms with Gasteiger partial charge in [-0.3, -0.25) is 19.9 Å². The van der Waals surface area contributed by atoms with Crippen LogP contribution in [0.4, 0.5) is 0 Å². The summed E-state index contributed by atoms with van der Waals surface area (Å²) >= 11 is 0. The number of nitrogens with zero attached hydrogens (tertiary/aromatic N) is 10. The summed E-state index contributed by atoms with van der Waals surface area (Å²) in [7, 11) is 0. The highest BCUT2D eigenvalue weighted by atomic mass is 16.5. The number of aromatic nitrogens is 10. The highest BCUT2D eigenvalue weighted by Crippen LogP contribution is 2.33. The predicted molar refractivity (Wildman–Crippen MR) is 248 cm³/mol. The van der Waals surface area contributed by atoms with Crippen LogP contribution in [0.15, 0.2) is 147 Å².